The molecule has 140 valence electrons. The molecule has 0 saturated carbocycles. The average molecular weight is 354 g/mol. The van der Waals surface area contributed by atoms with Crippen LogP contribution in [0.25, 0.3) is 0 Å². The van der Waals surface area contributed by atoms with Crippen LogP contribution in [-0.2, 0) is 11.3 Å². The van der Waals surface area contributed by atoms with Gasteiger partial charge in [-0.2, -0.15) is 0 Å². The number of carbonyl (C=O) groups excluding carboxylic acids is 1. The highest BCUT2D eigenvalue weighted by Crippen LogP contribution is 2.26. The molecule has 4 rings (SSSR count). The monoisotopic (exact) mass is 354 g/mol. The molecule has 2 saturated heterocycles. The summed E-state index contributed by atoms with van der Waals surface area (Å²) in [6.45, 7) is 7.07. The van der Waals surface area contributed by atoms with E-state index in [9.17, 15) is 4.79 Å². The van der Waals surface area contributed by atoms with Gasteiger partial charge in [-0.15, -0.1) is 0 Å². The molecular formula is C21H30N4O. The van der Waals surface area contributed by atoms with E-state index in [-0.39, 0.29) is 5.92 Å². The first-order valence-corrected chi connectivity index (χ1v) is 10.1. The lowest BCUT2D eigenvalue weighted by Gasteiger charge is -2.42. The summed E-state index contributed by atoms with van der Waals surface area (Å²) in [6, 6.07) is 4.87. The molecule has 5 heteroatoms. The second kappa shape index (κ2) is 8.31. The highest BCUT2D eigenvalue weighted by Gasteiger charge is 2.33. The lowest BCUT2D eigenvalue weighted by Crippen LogP contribution is -2.51. The van der Waals surface area contributed by atoms with Crippen molar-refractivity contribution >= 4 is 5.91 Å². The quantitative estimate of drug-likeness (QED) is 0.777. The predicted molar refractivity (Wildman–Crippen MR) is 103 cm³/mol. The Labute approximate surface area is 156 Å². The fourth-order valence-electron chi connectivity index (χ4n) is 4.64. The summed E-state index contributed by atoms with van der Waals surface area (Å²) in [5, 5.41) is 0. The molecule has 1 unspecified atom stereocenters. The first-order valence-electron chi connectivity index (χ1n) is 10.1. The number of nitrogens with zero attached hydrogens (tertiary/aromatic N) is 4. The van der Waals surface area contributed by atoms with Gasteiger partial charge in [-0.05, 0) is 63.0 Å². The first kappa shape index (κ1) is 17.7. The molecular weight excluding hydrogens is 324 g/mol. The molecule has 2 fully saturated rings. The first-order chi connectivity index (χ1) is 12.8. The Balaban J connectivity index is 1.26. The topological polar surface area (TPSA) is 39.7 Å². The summed E-state index contributed by atoms with van der Waals surface area (Å²) in [5.74, 6) is 0.577. The third kappa shape index (κ3) is 4.15. The third-order valence-electron chi connectivity index (χ3n) is 6.16. The number of hydrogen-bond acceptors (Lipinski definition) is 4. The maximum absolute atomic E-state index is 12.7. The normalized spacial score (nSPS) is 25.7. The zero-order valence-electron chi connectivity index (χ0n) is 15.6. The van der Waals surface area contributed by atoms with Crippen molar-refractivity contribution in [3.8, 4) is 0 Å². The molecule has 0 spiro atoms. The van der Waals surface area contributed by atoms with Gasteiger partial charge in [0, 0.05) is 44.6 Å². The summed E-state index contributed by atoms with van der Waals surface area (Å²) in [6.07, 6.45) is 12.6. The van der Waals surface area contributed by atoms with E-state index in [1.807, 2.05) is 17.3 Å². The molecule has 0 aromatic carbocycles. The molecule has 1 aromatic rings. The lowest BCUT2D eigenvalue weighted by atomic mass is 9.93. The predicted octanol–water partition coefficient (Wildman–Crippen LogP) is 2.16. The molecule has 0 bridgehead atoms. The van der Waals surface area contributed by atoms with Crippen LogP contribution in [0, 0.1) is 5.92 Å². The van der Waals surface area contributed by atoms with Gasteiger partial charge >= 0.3 is 0 Å². The van der Waals surface area contributed by atoms with Crippen molar-refractivity contribution in [3.05, 3.63) is 42.2 Å². The van der Waals surface area contributed by atoms with Crippen LogP contribution in [0.3, 0.4) is 0 Å². The van der Waals surface area contributed by atoms with Crippen molar-refractivity contribution in [1.82, 2.24) is 19.7 Å². The van der Waals surface area contributed by atoms with Gasteiger partial charge in [-0.1, -0.05) is 12.2 Å². The minimum Gasteiger partial charge on any atom is -0.335 e. The number of rotatable bonds is 4. The number of hydrogen-bond donors (Lipinski definition) is 0. The minimum absolute atomic E-state index is 0.207. The zero-order valence-corrected chi connectivity index (χ0v) is 15.6. The minimum atomic E-state index is 0.207. The zero-order chi connectivity index (χ0) is 17.8. The van der Waals surface area contributed by atoms with Crippen molar-refractivity contribution in [2.24, 2.45) is 5.92 Å². The summed E-state index contributed by atoms with van der Waals surface area (Å²) in [4.78, 5) is 24.0. The Morgan fingerprint density at radius 2 is 1.77 bits per heavy atom. The van der Waals surface area contributed by atoms with Gasteiger partial charge in [0.25, 0.3) is 0 Å². The molecule has 5 nitrogen and oxygen atoms in total. The maximum Gasteiger partial charge on any atom is 0.227 e. The van der Waals surface area contributed by atoms with E-state index in [0.717, 1.165) is 58.7 Å². The number of pyridine rings is 1. The van der Waals surface area contributed by atoms with Crippen LogP contribution in [-0.4, -0.2) is 70.9 Å². The molecule has 3 aliphatic rings. The Bertz CT molecular complexity index is 616. The van der Waals surface area contributed by atoms with Gasteiger partial charge in [0.05, 0.1) is 5.92 Å². The highest BCUT2D eigenvalue weighted by atomic mass is 16.2. The van der Waals surface area contributed by atoms with E-state index in [1.165, 1.54) is 18.4 Å². The third-order valence-corrected chi connectivity index (χ3v) is 6.16. The Morgan fingerprint density at radius 1 is 1.04 bits per heavy atom. The van der Waals surface area contributed by atoms with Crippen LogP contribution in [0.15, 0.2) is 36.7 Å². The Hall–Kier alpha value is -1.72. The summed E-state index contributed by atoms with van der Waals surface area (Å²) < 4.78 is 0. The molecule has 26 heavy (non-hydrogen) atoms. The van der Waals surface area contributed by atoms with E-state index < -0.39 is 0 Å². The van der Waals surface area contributed by atoms with Crippen LogP contribution < -0.4 is 0 Å². The van der Waals surface area contributed by atoms with Crippen molar-refractivity contribution in [3.63, 3.8) is 0 Å². The molecule has 4 heterocycles. The summed E-state index contributed by atoms with van der Waals surface area (Å²) in [5.41, 5.74) is 1.35. The molecule has 1 atom stereocenters. The van der Waals surface area contributed by atoms with Crippen LogP contribution in [0.2, 0.25) is 0 Å². The summed E-state index contributed by atoms with van der Waals surface area (Å²) in [7, 11) is 0. The number of likely N-dealkylation sites (tertiary alicyclic amines) is 2. The van der Waals surface area contributed by atoms with Crippen LogP contribution in [0.5, 0.6) is 0 Å². The molecule has 0 N–H and O–H groups in total. The number of piperidine rings is 2. The maximum atomic E-state index is 12.7. The molecule has 1 amide bonds. The van der Waals surface area contributed by atoms with Crippen molar-refractivity contribution in [2.75, 3.05) is 39.3 Å². The SMILES string of the molecule is O=C(C1CCCN(C2CCN(Cc3ccncc3)CC2)C1)N1CC=CC1. The van der Waals surface area contributed by atoms with Crippen molar-refractivity contribution < 1.29 is 4.79 Å². The molecule has 0 radical (unpaired) electrons. The van der Waals surface area contributed by atoms with Crippen molar-refractivity contribution in [2.45, 2.75) is 38.3 Å². The largest absolute Gasteiger partial charge is 0.335 e. The summed E-state index contributed by atoms with van der Waals surface area (Å²) >= 11 is 0. The van der Waals surface area contributed by atoms with Gasteiger partial charge in [-0.25, -0.2) is 0 Å². The van der Waals surface area contributed by atoms with Gasteiger partial charge in [-0.3, -0.25) is 19.6 Å². The average Bonchev–Trinajstić information content (AvgIpc) is 3.24. The van der Waals surface area contributed by atoms with E-state index in [2.05, 4.69) is 39.1 Å². The molecule has 3 aliphatic heterocycles. The molecule has 1 aromatic heterocycles. The number of aromatic nitrogens is 1. The smallest absolute Gasteiger partial charge is 0.227 e. The van der Waals surface area contributed by atoms with Crippen LogP contribution >= 0.6 is 0 Å². The van der Waals surface area contributed by atoms with Gasteiger partial charge < -0.3 is 4.90 Å². The van der Waals surface area contributed by atoms with Crippen LogP contribution in [0.4, 0.5) is 0 Å². The second-order valence-electron chi connectivity index (χ2n) is 7.91. The van der Waals surface area contributed by atoms with E-state index >= 15 is 0 Å². The standard InChI is InChI=1S/C21H30N4O/c26-21(24-11-1-2-12-24)19-4-3-13-25(17-19)20-7-14-23(15-8-20)16-18-5-9-22-10-6-18/h1-2,5-6,9-10,19-20H,3-4,7-8,11-17H2. The van der Waals surface area contributed by atoms with Gasteiger partial charge in [0.1, 0.15) is 0 Å². The number of amides is 1. The molecule has 0 aliphatic carbocycles. The Morgan fingerprint density at radius 3 is 2.50 bits per heavy atom. The lowest BCUT2D eigenvalue weighted by molar-refractivity contribution is -0.136. The van der Waals surface area contributed by atoms with Crippen molar-refractivity contribution in [1.29, 1.82) is 0 Å². The van der Waals surface area contributed by atoms with E-state index in [4.69, 9.17) is 0 Å². The second-order valence-corrected chi connectivity index (χ2v) is 7.91. The number of carbonyl (C=O) groups is 1. The van der Waals surface area contributed by atoms with E-state index in [1.54, 1.807) is 0 Å². The highest BCUT2D eigenvalue weighted by molar-refractivity contribution is 5.79. The fraction of sp³-hybridized carbons (Fsp3) is 0.619. The van der Waals surface area contributed by atoms with E-state index in [0.29, 0.717) is 11.9 Å². The Kier molecular flexibility index (Phi) is 5.65. The van der Waals surface area contributed by atoms with Gasteiger partial charge in [0.2, 0.25) is 5.91 Å². The fourth-order valence-corrected chi connectivity index (χ4v) is 4.64. The van der Waals surface area contributed by atoms with Gasteiger partial charge in [0.15, 0.2) is 0 Å². The van der Waals surface area contributed by atoms with Crippen LogP contribution in [0.1, 0.15) is 31.2 Å².